The first-order valence-electron chi connectivity index (χ1n) is 8.63. The molecule has 7 nitrogen and oxygen atoms in total. The summed E-state index contributed by atoms with van der Waals surface area (Å²) >= 11 is 6.05. The number of nitrogens with zero attached hydrogens (tertiary/aromatic N) is 2. The van der Waals surface area contributed by atoms with E-state index < -0.39 is 10.0 Å². The molecule has 148 valence electrons. The maximum absolute atomic E-state index is 12.8. The Morgan fingerprint density at radius 1 is 1.25 bits per heavy atom. The fourth-order valence-electron chi connectivity index (χ4n) is 2.93. The number of ether oxygens (including phenoxy) is 1. The van der Waals surface area contributed by atoms with Crippen LogP contribution in [0.2, 0.25) is 5.02 Å². The normalized spacial score (nSPS) is 11.6. The Hall–Kier alpha value is -2.58. The number of aryl methyl sites for hydroxylation is 1. The number of esters is 1. The topological polar surface area (TPSA) is 90.3 Å². The smallest absolute Gasteiger partial charge is 0.326 e. The van der Waals surface area contributed by atoms with Crippen LogP contribution in [0.3, 0.4) is 0 Å². The van der Waals surface area contributed by atoms with Gasteiger partial charge in [-0.25, -0.2) is 13.4 Å². The van der Waals surface area contributed by atoms with Gasteiger partial charge in [0.1, 0.15) is 12.4 Å². The fourth-order valence-corrected chi connectivity index (χ4v) is 4.48. The third kappa shape index (κ3) is 3.98. The molecule has 0 aliphatic heterocycles. The molecular formula is C19H20ClN3O4S. The van der Waals surface area contributed by atoms with Crippen molar-refractivity contribution in [3.8, 4) is 0 Å². The molecule has 0 fully saturated rings. The van der Waals surface area contributed by atoms with Crippen LogP contribution in [0.5, 0.6) is 0 Å². The minimum atomic E-state index is -3.83. The minimum Gasteiger partial charge on any atom is -0.465 e. The summed E-state index contributed by atoms with van der Waals surface area (Å²) in [5, 5.41) is 0.376. The summed E-state index contributed by atoms with van der Waals surface area (Å²) in [6.45, 7) is 5.45. The van der Waals surface area contributed by atoms with Crippen molar-refractivity contribution in [2.24, 2.45) is 0 Å². The number of hydrogen-bond donors (Lipinski definition) is 1. The molecule has 0 saturated heterocycles. The highest BCUT2D eigenvalue weighted by Gasteiger charge is 2.19. The predicted molar refractivity (Wildman–Crippen MR) is 108 cm³/mol. The Kier molecular flexibility index (Phi) is 5.62. The second kappa shape index (κ2) is 7.81. The van der Waals surface area contributed by atoms with Crippen molar-refractivity contribution in [3.63, 3.8) is 0 Å². The molecule has 0 aliphatic carbocycles. The molecular weight excluding hydrogens is 402 g/mol. The molecule has 3 rings (SSSR count). The zero-order valence-corrected chi connectivity index (χ0v) is 17.3. The molecule has 0 aliphatic rings. The van der Waals surface area contributed by atoms with Crippen molar-refractivity contribution in [2.45, 2.75) is 32.2 Å². The molecule has 1 N–H and O–H groups in total. The van der Waals surface area contributed by atoms with E-state index in [1.807, 2.05) is 0 Å². The molecule has 1 aromatic heterocycles. The van der Waals surface area contributed by atoms with E-state index in [9.17, 15) is 13.2 Å². The van der Waals surface area contributed by atoms with Crippen LogP contribution in [-0.4, -0.2) is 30.5 Å². The van der Waals surface area contributed by atoms with Gasteiger partial charge in [-0.1, -0.05) is 17.7 Å². The molecule has 0 unspecified atom stereocenters. The molecule has 3 aromatic rings. The van der Waals surface area contributed by atoms with Crippen LogP contribution in [0.4, 0.5) is 5.69 Å². The van der Waals surface area contributed by atoms with Gasteiger partial charge in [0.2, 0.25) is 0 Å². The van der Waals surface area contributed by atoms with E-state index in [1.54, 1.807) is 55.7 Å². The monoisotopic (exact) mass is 421 g/mol. The second-order valence-corrected chi connectivity index (χ2v) is 8.28. The van der Waals surface area contributed by atoms with Gasteiger partial charge in [0.05, 0.1) is 28.2 Å². The average molecular weight is 422 g/mol. The van der Waals surface area contributed by atoms with Crippen LogP contribution >= 0.6 is 11.6 Å². The standard InChI is InChI=1S/C19H20ClN3O4S/c1-4-27-19(24)11-23-13(3)21-16-9-8-14(10-17(16)23)22-28(25,26)18-7-5-6-15(20)12(18)2/h5-10,22H,4,11H2,1-3H3. The molecule has 0 amide bonds. The highest BCUT2D eigenvalue weighted by atomic mass is 35.5. The molecule has 0 bridgehead atoms. The molecule has 0 atom stereocenters. The summed E-state index contributed by atoms with van der Waals surface area (Å²) in [5.74, 6) is 0.249. The van der Waals surface area contributed by atoms with Gasteiger partial charge in [0.15, 0.2) is 0 Å². The van der Waals surface area contributed by atoms with Gasteiger partial charge in [-0.05, 0) is 56.7 Å². The zero-order chi connectivity index (χ0) is 20.5. The maximum atomic E-state index is 12.8. The van der Waals surface area contributed by atoms with Crippen LogP contribution in [0, 0.1) is 13.8 Å². The molecule has 9 heteroatoms. The lowest BCUT2D eigenvalue weighted by Crippen LogP contribution is -2.15. The van der Waals surface area contributed by atoms with E-state index in [0.717, 1.165) is 0 Å². The molecule has 0 spiro atoms. The first kappa shape index (κ1) is 20.2. The van der Waals surface area contributed by atoms with E-state index in [2.05, 4.69) is 9.71 Å². The number of aromatic nitrogens is 2. The Morgan fingerprint density at radius 2 is 2.00 bits per heavy atom. The quantitative estimate of drug-likeness (QED) is 0.613. The van der Waals surface area contributed by atoms with E-state index in [0.29, 0.717) is 33.1 Å². The summed E-state index contributed by atoms with van der Waals surface area (Å²) in [6.07, 6.45) is 0. The number of anilines is 1. The Balaban J connectivity index is 1.98. The second-order valence-electron chi connectivity index (χ2n) is 6.22. The molecule has 1 heterocycles. The summed E-state index contributed by atoms with van der Waals surface area (Å²) < 4.78 is 34.9. The van der Waals surface area contributed by atoms with Crippen LogP contribution in [0.15, 0.2) is 41.3 Å². The van der Waals surface area contributed by atoms with Crippen molar-refractivity contribution < 1.29 is 17.9 Å². The fraction of sp³-hybridized carbons (Fsp3) is 0.263. The first-order chi connectivity index (χ1) is 13.2. The van der Waals surface area contributed by atoms with Crippen LogP contribution in [0.1, 0.15) is 18.3 Å². The summed E-state index contributed by atoms with van der Waals surface area (Å²) in [6, 6.07) is 9.69. The number of sulfonamides is 1. The van der Waals surface area contributed by atoms with Gasteiger partial charge in [-0.15, -0.1) is 0 Å². The number of imidazole rings is 1. The number of carbonyl (C=O) groups is 1. The van der Waals surface area contributed by atoms with Crippen molar-refractivity contribution in [1.29, 1.82) is 0 Å². The Bertz CT molecular complexity index is 1160. The van der Waals surface area contributed by atoms with E-state index in [1.165, 1.54) is 6.07 Å². The molecule has 0 radical (unpaired) electrons. The lowest BCUT2D eigenvalue weighted by atomic mass is 10.2. The van der Waals surface area contributed by atoms with Gasteiger partial charge in [-0.2, -0.15) is 0 Å². The SMILES string of the molecule is CCOC(=O)Cn1c(C)nc2ccc(NS(=O)(=O)c3cccc(Cl)c3C)cc21. The summed E-state index contributed by atoms with van der Waals surface area (Å²) in [4.78, 5) is 16.4. The third-order valence-corrected chi connectivity index (χ3v) is 6.23. The van der Waals surface area contributed by atoms with Crippen LogP contribution < -0.4 is 4.72 Å². The highest BCUT2D eigenvalue weighted by Crippen LogP contribution is 2.26. The average Bonchev–Trinajstić information content (AvgIpc) is 2.92. The van der Waals surface area contributed by atoms with Gasteiger partial charge in [0.25, 0.3) is 10.0 Å². The van der Waals surface area contributed by atoms with Crippen molar-refractivity contribution in [2.75, 3.05) is 11.3 Å². The van der Waals surface area contributed by atoms with Crippen LogP contribution in [0.25, 0.3) is 11.0 Å². The highest BCUT2D eigenvalue weighted by molar-refractivity contribution is 7.92. The first-order valence-corrected chi connectivity index (χ1v) is 10.5. The van der Waals surface area contributed by atoms with Crippen molar-refractivity contribution >= 4 is 44.3 Å². The van der Waals surface area contributed by atoms with E-state index in [4.69, 9.17) is 16.3 Å². The van der Waals surface area contributed by atoms with Gasteiger partial charge in [-0.3, -0.25) is 9.52 Å². The van der Waals surface area contributed by atoms with Crippen molar-refractivity contribution in [3.05, 3.63) is 52.8 Å². The number of fused-ring (bicyclic) bond motifs is 1. The van der Waals surface area contributed by atoms with Gasteiger partial charge < -0.3 is 9.30 Å². The predicted octanol–water partition coefficient (Wildman–Crippen LogP) is 3.67. The summed E-state index contributed by atoms with van der Waals surface area (Å²) in [7, 11) is -3.83. The maximum Gasteiger partial charge on any atom is 0.326 e. The lowest BCUT2D eigenvalue weighted by molar-refractivity contribution is -0.143. The molecule has 0 saturated carbocycles. The number of rotatable bonds is 6. The Morgan fingerprint density at radius 3 is 2.71 bits per heavy atom. The minimum absolute atomic E-state index is 0.000220. The van der Waals surface area contributed by atoms with E-state index in [-0.39, 0.29) is 24.0 Å². The number of hydrogen-bond acceptors (Lipinski definition) is 5. The van der Waals surface area contributed by atoms with Crippen LogP contribution in [-0.2, 0) is 26.1 Å². The summed E-state index contributed by atoms with van der Waals surface area (Å²) in [5.41, 5.74) is 2.12. The number of nitrogens with one attached hydrogen (secondary N) is 1. The molecule has 28 heavy (non-hydrogen) atoms. The Labute approximate surface area is 168 Å². The van der Waals surface area contributed by atoms with Gasteiger partial charge >= 0.3 is 5.97 Å². The zero-order valence-electron chi connectivity index (χ0n) is 15.7. The third-order valence-electron chi connectivity index (χ3n) is 4.29. The largest absolute Gasteiger partial charge is 0.465 e. The lowest BCUT2D eigenvalue weighted by Gasteiger charge is -2.12. The van der Waals surface area contributed by atoms with Gasteiger partial charge in [0, 0.05) is 5.02 Å². The number of carbonyl (C=O) groups excluding carboxylic acids is 1. The number of halogens is 1. The van der Waals surface area contributed by atoms with Crippen molar-refractivity contribution in [1.82, 2.24) is 9.55 Å². The van der Waals surface area contributed by atoms with E-state index >= 15 is 0 Å². The molecule has 2 aromatic carbocycles. The number of benzene rings is 2.